The second-order valence-corrected chi connectivity index (χ2v) is 5.41. The van der Waals surface area contributed by atoms with Crippen molar-refractivity contribution in [2.24, 2.45) is 7.05 Å². The molecule has 23 heavy (non-hydrogen) atoms. The molecule has 0 aliphatic carbocycles. The molecule has 1 unspecified atom stereocenters. The summed E-state index contributed by atoms with van der Waals surface area (Å²) < 4.78 is 7.45. The van der Waals surface area contributed by atoms with Gasteiger partial charge in [0.15, 0.2) is 6.61 Å². The molecule has 0 saturated heterocycles. The highest BCUT2D eigenvalue weighted by atomic mass is 16.5. The van der Waals surface area contributed by atoms with Gasteiger partial charge >= 0.3 is 0 Å². The van der Waals surface area contributed by atoms with Gasteiger partial charge in [0, 0.05) is 7.05 Å². The second kappa shape index (κ2) is 6.52. The lowest BCUT2D eigenvalue weighted by Gasteiger charge is -2.14. The Kier molecular flexibility index (Phi) is 4.28. The van der Waals surface area contributed by atoms with Crippen molar-refractivity contribution in [1.82, 2.24) is 14.9 Å². The lowest BCUT2D eigenvalue weighted by atomic mass is 10.3. The average molecular weight is 309 g/mol. The van der Waals surface area contributed by atoms with Crippen molar-refractivity contribution >= 4 is 16.9 Å². The number of fused-ring (bicyclic) bond motifs is 1. The third-order valence-electron chi connectivity index (χ3n) is 3.70. The minimum absolute atomic E-state index is 0.0156. The van der Waals surface area contributed by atoms with Crippen molar-refractivity contribution in [2.75, 3.05) is 6.61 Å². The molecule has 5 nitrogen and oxygen atoms in total. The van der Waals surface area contributed by atoms with Gasteiger partial charge in [-0.05, 0) is 31.2 Å². The maximum absolute atomic E-state index is 12.1. The number of nitrogens with one attached hydrogen (secondary N) is 1. The molecule has 0 saturated carbocycles. The van der Waals surface area contributed by atoms with E-state index in [-0.39, 0.29) is 18.6 Å². The van der Waals surface area contributed by atoms with E-state index in [9.17, 15) is 4.79 Å². The number of benzene rings is 2. The van der Waals surface area contributed by atoms with Crippen molar-refractivity contribution in [3.8, 4) is 5.75 Å². The molecule has 118 valence electrons. The van der Waals surface area contributed by atoms with Crippen LogP contribution in [-0.4, -0.2) is 22.1 Å². The van der Waals surface area contributed by atoms with Crippen LogP contribution in [0.25, 0.3) is 11.0 Å². The maximum Gasteiger partial charge on any atom is 0.258 e. The number of hydrogen-bond acceptors (Lipinski definition) is 3. The zero-order valence-electron chi connectivity index (χ0n) is 13.2. The van der Waals surface area contributed by atoms with Gasteiger partial charge in [-0.2, -0.15) is 0 Å². The van der Waals surface area contributed by atoms with Gasteiger partial charge in [-0.25, -0.2) is 4.98 Å². The topological polar surface area (TPSA) is 56.1 Å². The van der Waals surface area contributed by atoms with Crippen LogP contribution >= 0.6 is 0 Å². The van der Waals surface area contributed by atoms with Crippen LogP contribution in [0.15, 0.2) is 54.6 Å². The predicted octanol–water partition coefficient (Wildman–Crippen LogP) is 2.83. The van der Waals surface area contributed by atoms with Crippen LogP contribution in [0.3, 0.4) is 0 Å². The molecule has 3 aromatic rings. The van der Waals surface area contributed by atoms with E-state index >= 15 is 0 Å². The Morgan fingerprint density at radius 2 is 1.87 bits per heavy atom. The number of hydrogen-bond donors (Lipinski definition) is 1. The largest absolute Gasteiger partial charge is 0.484 e. The molecule has 1 N–H and O–H groups in total. The van der Waals surface area contributed by atoms with Crippen LogP contribution < -0.4 is 10.1 Å². The highest BCUT2D eigenvalue weighted by molar-refractivity contribution is 5.79. The quantitative estimate of drug-likeness (QED) is 0.788. The predicted molar refractivity (Wildman–Crippen MR) is 89.2 cm³/mol. The summed E-state index contributed by atoms with van der Waals surface area (Å²) >= 11 is 0. The summed E-state index contributed by atoms with van der Waals surface area (Å²) in [6, 6.07) is 17.0. The summed E-state index contributed by atoms with van der Waals surface area (Å²) in [6.07, 6.45) is 0. The van der Waals surface area contributed by atoms with E-state index < -0.39 is 0 Å². The fraction of sp³-hybridized carbons (Fsp3) is 0.222. The van der Waals surface area contributed by atoms with Gasteiger partial charge in [0.1, 0.15) is 11.6 Å². The zero-order valence-corrected chi connectivity index (χ0v) is 13.2. The SMILES string of the molecule is CC(NC(=O)COc1ccccc1)c1nc2ccccc2n1C. The number of aryl methyl sites for hydroxylation is 1. The normalized spacial score (nSPS) is 12.1. The summed E-state index contributed by atoms with van der Waals surface area (Å²) in [7, 11) is 1.95. The van der Waals surface area contributed by atoms with Crippen LogP contribution in [-0.2, 0) is 11.8 Å². The molecule has 0 spiro atoms. The zero-order chi connectivity index (χ0) is 16.2. The third kappa shape index (κ3) is 3.34. The smallest absolute Gasteiger partial charge is 0.258 e. The standard InChI is InChI=1S/C18H19N3O2/c1-13(18-20-15-10-6-7-11-16(15)21(18)2)19-17(22)12-23-14-8-4-3-5-9-14/h3-11,13H,12H2,1-2H3,(H,19,22). The molecule has 0 aliphatic heterocycles. The molecular formula is C18H19N3O2. The monoisotopic (exact) mass is 309 g/mol. The third-order valence-corrected chi connectivity index (χ3v) is 3.70. The van der Waals surface area contributed by atoms with Crippen molar-refractivity contribution < 1.29 is 9.53 Å². The summed E-state index contributed by atoms with van der Waals surface area (Å²) in [4.78, 5) is 16.6. The van der Waals surface area contributed by atoms with Gasteiger partial charge in [0.05, 0.1) is 17.1 Å². The first-order valence-electron chi connectivity index (χ1n) is 7.53. The molecule has 5 heteroatoms. The van der Waals surface area contributed by atoms with Gasteiger partial charge in [0.2, 0.25) is 0 Å². The molecule has 1 amide bonds. The fourth-order valence-corrected chi connectivity index (χ4v) is 2.56. The minimum Gasteiger partial charge on any atom is -0.484 e. The van der Waals surface area contributed by atoms with E-state index in [1.807, 2.05) is 73.1 Å². The van der Waals surface area contributed by atoms with E-state index in [2.05, 4.69) is 10.3 Å². The second-order valence-electron chi connectivity index (χ2n) is 5.41. The minimum atomic E-state index is -0.195. The number of nitrogens with zero attached hydrogens (tertiary/aromatic N) is 2. The van der Waals surface area contributed by atoms with Gasteiger partial charge < -0.3 is 14.6 Å². The lowest BCUT2D eigenvalue weighted by Crippen LogP contribution is -2.32. The number of rotatable bonds is 5. The Morgan fingerprint density at radius 3 is 2.61 bits per heavy atom. The van der Waals surface area contributed by atoms with Crippen LogP contribution in [0.1, 0.15) is 18.8 Å². The highest BCUT2D eigenvalue weighted by Crippen LogP contribution is 2.19. The molecular weight excluding hydrogens is 290 g/mol. The number of carbonyl (C=O) groups is 1. The van der Waals surface area contributed by atoms with Crippen molar-refractivity contribution in [1.29, 1.82) is 0 Å². The van der Waals surface area contributed by atoms with E-state index in [4.69, 9.17) is 4.74 Å². The molecule has 1 aromatic heterocycles. The van der Waals surface area contributed by atoms with Gasteiger partial charge in [-0.1, -0.05) is 30.3 Å². The van der Waals surface area contributed by atoms with Crippen molar-refractivity contribution in [2.45, 2.75) is 13.0 Å². The van der Waals surface area contributed by atoms with Crippen LogP contribution in [0, 0.1) is 0 Å². The molecule has 2 aromatic carbocycles. The van der Waals surface area contributed by atoms with Crippen LogP contribution in [0.5, 0.6) is 5.75 Å². The summed E-state index contributed by atoms with van der Waals surface area (Å²) in [5, 5.41) is 2.92. The van der Waals surface area contributed by atoms with Gasteiger partial charge in [-0.15, -0.1) is 0 Å². The van der Waals surface area contributed by atoms with Crippen LogP contribution in [0.2, 0.25) is 0 Å². The Bertz CT molecular complexity index is 812. The van der Waals surface area contributed by atoms with Gasteiger partial charge in [-0.3, -0.25) is 4.79 Å². The molecule has 1 heterocycles. The van der Waals surface area contributed by atoms with E-state index in [1.54, 1.807) is 0 Å². The first kappa shape index (κ1) is 15.1. The molecule has 0 aliphatic rings. The van der Waals surface area contributed by atoms with Gasteiger partial charge in [0.25, 0.3) is 5.91 Å². The summed E-state index contributed by atoms with van der Waals surface area (Å²) in [6.45, 7) is 1.90. The summed E-state index contributed by atoms with van der Waals surface area (Å²) in [5.74, 6) is 1.32. The van der Waals surface area contributed by atoms with Crippen molar-refractivity contribution in [3.63, 3.8) is 0 Å². The van der Waals surface area contributed by atoms with Crippen LogP contribution in [0.4, 0.5) is 0 Å². The Balaban J connectivity index is 1.64. The molecule has 0 fully saturated rings. The highest BCUT2D eigenvalue weighted by Gasteiger charge is 2.16. The summed E-state index contributed by atoms with van der Waals surface area (Å²) in [5.41, 5.74) is 1.97. The average Bonchev–Trinajstić information content (AvgIpc) is 2.91. The van der Waals surface area contributed by atoms with E-state index in [1.165, 1.54) is 0 Å². The number of imidazole rings is 1. The fourth-order valence-electron chi connectivity index (χ4n) is 2.56. The molecule has 1 atom stereocenters. The first-order chi connectivity index (χ1) is 11.1. The van der Waals surface area contributed by atoms with E-state index in [0.717, 1.165) is 16.9 Å². The Labute approximate surface area is 134 Å². The lowest BCUT2D eigenvalue weighted by molar-refractivity contribution is -0.123. The number of aromatic nitrogens is 2. The number of carbonyl (C=O) groups excluding carboxylic acids is 1. The Morgan fingerprint density at radius 1 is 1.17 bits per heavy atom. The molecule has 0 bridgehead atoms. The first-order valence-corrected chi connectivity index (χ1v) is 7.53. The Hall–Kier alpha value is -2.82. The number of ether oxygens (including phenoxy) is 1. The number of amides is 1. The maximum atomic E-state index is 12.1. The molecule has 3 rings (SSSR count). The molecule has 0 radical (unpaired) electrons. The number of para-hydroxylation sites is 3. The van der Waals surface area contributed by atoms with E-state index in [0.29, 0.717) is 5.75 Å². The van der Waals surface area contributed by atoms with Crippen molar-refractivity contribution in [3.05, 3.63) is 60.4 Å².